The fourth-order valence-electron chi connectivity index (χ4n) is 19.1. The Labute approximate surface area is 785 Å². The molecule has 0 spiro atoms. The summed E-state index contributed by atoms with van der Waals surface area (Å²) < 4.78 is 107. The van der Waals surface area contributed by atoms with Crippen molar-refractivity contribution in [3.05, 3.63) is 106 Å². The van der Waals surface area contributed by atoms with E-state index < -0.39 is 63.1 Å². The van der Waals surface area contributed by atoms with Gasteiger partial charge in [-0.2, -0.15) is 0 Å². The van der Waals surface area contributed by atoms with Gasteiger partial charge in [-0.15, -0.1) is 6.42 Å². The molecule has 7 fully saturated rings. The third-order valence-electron chi connectivity index (χ3n) is 25.1. The van der Waals surface area contributed by atoms with Crippen LogP contribution in [0.3, 0.4) is 0 Å². The van der Waals surface area contributed by atoms with Crippen LogP contribution in [-0.2, 0) is 59.5 Å². The zero-order valence-corrected chi connectivity index (χ0v) is 81.5. The third-order valence-corrected chi connectivity index (χ3v) is 26.7. The molecule has 134 heavy (non-hydrogen) atoms. The van der Waals surface area contributed by atoms with Gasteiger partial charge in [0, 0.05) is 124 Å². The van der Waals surface area contributed by atoms with Crippen LogP contribution in [0.4, 0.5) is 34.9 Å². The number of ether oxygens (including phenoxy) is 11. The first-order chi connectivity index (χ1) is 63.9. The van der Waals surface area contributed by atoms with Gasteiger partial charge in [0.1, 0.15) is 86.7 Å². The zero-order chi connectivity index (χ0) is 96.3. The van der Waals surface area contributed by atoms with Crippen molar-refractivity contribution in [3.63, 3.8) is 0 Å². The molecule has 4 saturated carbocycles. The molecule has 3 saturated heterocycles. The van der Waals surface area contributed by atoms with Gasteiger partial charge in [0.25, 0.3) is 0 Å². The number of nitrogens with one attached hydrogen (secondary N) is 6. The maximum atomic E-state index is 12.4. The van der Waals surface area contributed by atoms with E-state index in [0.29, 0.717) is 168 Å². The predicted octanol–water partition coefficient (Wildman–Crippen LogP) is 12.1. The fourth-order valence-corrected chi connectivity index (χ4v) is 20.3. The number of terminal acetylenes is 1. The standard InChI is InChI=1S/C28H38N4O6.C26H33N3O6S.C25H34N4O6.C18H24N2O4S/c1-7-35-22-13-17-12-20(36-24(17)16(3)30-22)23-15(2)10-21(29-8-9-34-6)32-27(23)31-19-11-18(14-33)25-26(19)38-28(4,5)37-25;1-7-32-19-11-15-10-18(33-22(15)14(3)27-19)21-13(2)8-20(36(6)31)29-25(21)28-17-9-16(12-30)23-24(17)35-26(4,5)34-23;1-5-34-20-11-15-10-18(35-24(15)14(3)27-20)21-13(2)8-19(26-6-7-33-4)29-25(21)28-17-9-16(12-30)22(31)23(17)32;1-6-12-10(2)7-14(25(5)22)20-17(12)19-13-8-11(9-21)15-16(13)24-18(3,4)23-15/h10,12-13,18-19,25-26,33H,7-9,11,14H2,1-6H3,(H2,29,31,32);8,10-11,16-17,23-24,30H,7,9,12H2,1-6H3,(H,28,29);8,10-11,16-17,22-23,30-32H,5-7,9,12H2,1-4H3,(H2,26,28,29);1,7,11,13,15-16,21H,8-9H2,2-5H3,(H,19,20)/t18?,19?,25-,26+;16?,17?,23-,24+,36?;16?,17?,22-,23+;11?,13?,15-,16+,25?/m1111/s1. The molecule has 0 radical (unpaired) electrons. The molecule has 726 valence electrons. The van der Waals surface area contributed by atoms with Gasteiger partial charge in [-0.25, -0.2) is 34.9 Å². The first-order valence-corrected chi connectivity index (χ1v) is 48.8. The van der Waals surface area contributed by atoms with Crippen molar-refractivity contribution >= 4 is 89.4 Å². The average molecular weight is 1890 g/mol. The second-order valence-electron chi connectivity index (χ2n) is 36.4. The van der Waals surface area contributed by atoms with Gasteiger partial charge >= 0.3 is 0 Å². The highest BCUT2D eigenvalue weighted by Crippen LogP contribution is 2.50. The molecule has 10 aromatic heterocycles. The number of hydrogen-bond acceptors (Lipinski definition) is 35. The Morgan fingerprint density at radius 2 is 0.731 bits per heavy atom. The molecular weight excluding hydrogens is 1760 g/mol. The fraction of sp³-hybridized carbons (Fsp3) is 0.557. The molecular formula is C97H129N13O22S2. The van der Waals surface area contributed by atoms with Gasteiger partial charge in [0.15, 0.2) is 34.1 Å². The summed E-state index contributed by atoms with van der Waals surface area (Å²) in [5.74, 6) is 7.25. The van der Waals surface area contributed by atoms with E-state index in [1.54, 1.807) is 32.8 Å². The van der Waals surface area contributed by atoms with Crippen LogP contribution in [0.1, 0.15) is 133 Å². The number of aliphatic hydroxyl groups is 6. The number of aromatic nitrogens is 7. The molecule has 17 rings (SSSR count). The maximum Gasteiger partial charge on any atom is 0.214 e. The SMILES string of the molecule is C#Cc1c(C)cc(S(C)=O)nc1NC1CC(CO)[C@H]2OC(C)(C)O[C@@H]12.CCOc1cc2cc(-c3c(C)cc(NCCOC)nc3NC3CC(CO)[C@@H](O)[C@H]3O)oc2c(C)n1.CCOc1cc2cc(-c3c(C)cc(NCCOC)nc3NC3CC(CO)[C@H]4OC(C)(C)O[C@@H]34)oc2c(C)n1.CCOc1cc2cc(-c3c(C)cc(S(C)=O)nc3NC3CC(CO)[C@H]4OC(C)(C)O[C@@H]34)oc2c(C)n1. The summed E-state index contributed by atoms with van der Waals surface area (Å²) in [4.78, 5) is 32.4. The Kier molecular flexibility index (Phi) is 31.7. The lowest BCUT2D eigenvalue weighted by molar-refractivity contribution is -0.159. The number of methoxy groups -OCH3 is 2. The normalized spacial score (nSPS) is 25.4. The zero-order valence-electron chi connectivity index (χ0n) is 79.9. The number of anilines is 6. The summed E-state index contributed by atoms with van der Waals surface area (Å²) in [6.45, 7) is 34.3. The summed E-state index contributed by atoms with van der Waals surface area (Å²) in [7, 11) is 0.830. The highest BCUT2D eigenvalue weighted by Gasteiger charge is 2.57. The highest BCUT2D eigenvalue weighted by molar-refractivity contribution is 7.84. The summed E-state index contributed by atoms with van der Waals surface area (Å²) in [6, 6.07) is 18.2. The summed E-state index contributed by atoms with van der Waals surface area (Å²) >= 11 is 0. The quantitative estimate of drug-likeness (QED) is 0.0142. The Bertz CT molecular complexity index is 5920. The number of rotatable bonds is 31. The number of furan rings is 3. The van der Waals surface area contributed by atoms with Crippen molar-refractivity contribution < 1.29 is 104 Å². The molecule has 0 bridgehead atoms. The van der Waals surface area contributed by atoms with E-state index in [1.807, 2.05) is 165 Å². The van der Waals surface area contributed by atoms with E-state index in [2.05, 4.69) is 57.8 Å². The van der Waals surface area contributed by atoms with Crippen molar-refractivity contribution in [2.45, 2.75) is 237 Å². The van der Waals surface area contributed by atoms with E-state index in [-0.39, 0.29) is 98.9 Å². The third kappa shape index (κ3) is 22.1. The minimum absolute atomic E-state index is 0.00906. The largest absolute Gasteiger partial charge is 0.478 e. The van der Waals surface area contributed by atoms with Crippen LogP contribution in [0, 0.1) is 84.5 Å². The lowest BCUT2D eigenvalue weighted by Crippen LogP contribution is -2.35. The number of nitrogens with zero attached hydrogens (tertiary/aromatic N) is 7. The Hall–Kier alpha value is -9.83. The minimum atomic E-state index is -1.27. The van der Waals surface area contributed by atoms with Crippen molar-refractivity contribution in [3.8, 4) is 64.0 Å². The Morgan fingerprint density at radius 1 is 0.418 bits per heavy atom. The van der Waals surface area contributed by atoms with Crippen LogP contribution >= 0.6 is 0 Å². The molecule has 13 heterocycles. The molecule has 7 aliphatic rings. The van der Waals surface area contributed by atoms with Crippen LogP contribution in [0.15, 0.2) is 84.0 Å². The Morgan fingerprint density at radius 3 is 1.06 bits per heavy atom. The first-order valence-electron chi connectivity index (χ1n) is 45.7. The van der Waals surface area contributed by atoms with Gasteiger partial charge in [0.05, 0.1) is 143 Å². The van der Waals surface area contributed by atoms with Gasteiger partial charge in [-0.05, 0) is 201 Å². The van der Waals surface area contributed by atoms with Crippen LogP contribution < -0.4 is 46.1 Å². The van der Waals surface area contributed by atoms with Crippen LogP contribution in [0.25, 0.3) is 66.9 Å². The molecule has 3 aliphatic heterocycles. The number of aryl methyl sites for hydroxylation is 7. The monoisotopic (exact) mass is 1890 g/mol. The van der Waals surface area contributed by atoms with Gasteiger partial charge in [0.2, 0.25) is 17.6 Å². The molecule has 35 nitrogen and oxygen atoms in total. The molecule has 10 unspecified atom stereocenters. The number of fused-ring (bicyclic) bond motifs is 6. The molecule has 10 aromatic rings. The van der Waals surface area contributed by atoms with Crippen molar-refractivity contribution in [1.82, 2.24) is 34.9 Å². The topological polar surface area (TPSA) is 459 Å². The highest BCUT2D eigenvalue weighted by atomic mass is 32.2. The molecule has 4 aliphatic carbocycles. The summed E-state index contributed by atoms with van der Waals surface area (Å²) in [5, 5.41) is 84.2. The van der Waals surface area contributed by atoms with E-state index in [9.17, 15) is 39.1 Å². The maximum absolute atomic E-state index is 12.4. The van der Waals surface area contributed by atoms with E-state index in [4.69, 9.17) is 86.7 Å². The number of hydrogen-bond donors (Lipinski definition) is 12. The molecule has 0 aromatic carbocycles. The van der Waals surface area contributed by atoms with E-state index in [0.717, 1.165) is 78.0 Å². The molecule has 0 amide bonds. The van der Waals surface area contributed by atoms with Gasteiger partial charge in [-0.1, -0.05) is 5.92 Å². The number of aliphatic hydroxyl groups excluding tert-OH is 6. The second-order valence-corrected chi connectivity index (χ2v) is 39.1. The van der Waals surface area contributed by atoms with Crippen LogP contribution in [-0.4, -0.2) is 264 Å². The Balaban J connectivity index is 0.000000145. The lowest BCUT2D eigenvalue weighted by Gasteiger charge is -2.25. The van der Waals surface area contributed by atoms with Crippen LogP contribution in [0.2, 0.25) is 0 Å². The van der Waals surface area contributed by atoms with Gasteiger partial charge < -0.3 is 128 Å². The predicted molar refractivity (Wildman–Crippen MR) is 510 cm³/mol. The van der Waals surface area contributed by atoms with Crippen molar-refractivity contribution in [2.24, 2.45) is 23.7 Å². The second kappa shape index (κ2) is 42.4. The first kappa shape index (κ1) is 100. The van der Waals surface area contributed by atoms with E-state index in [1.165, 1.54) is 0 Å². The number of pyridine rings is 7. The molecule has 37 heteroatoms. The van der Waals surface area contributed by atoms with Crippen LogP contribution in [0.5, 0.6) is 17.6 Å². The average Bonchev–Trinajstić information content (AvgIpc) is 1.61. The van der Waals surface area contributed by atoms with Crippen molar-refractivity contribution in [2.75, 3.05) is 131 Å². The summed E-state index contributed by atoms with van der Waals surface area (Å²) in [6.07, 6.45) is 8.02. The van der Waals surface area contributed by atoms with E-state index >= 15 is 0 Å². The summed E-state index contributed by atoms with van der Waals surface area (Å²) in [5.41, 5.74) is 10.9. The lowest BCUT2D eigenvalue weighted by atomic mass is 10.1. The minimum Gasteiger partial charge on any atom is -0.478 e. The van der Waals surface area contributed by atoms with Crippen molar-refractivity contribution in [1.29, 1.82) is 0 Å². The van der Waals surface area contributed by atoms with Gasteiger partial charge in [-0.3, -0.25) is 8.42 Å². The molecule has 12 N–H and O–H groups in total. The smallest absolute Gasteiger partial charge is 0.214 e. The molecule has 18 atom stereocenters.